The molecule has 0 fully saturated rings. The molecule has 0 saturated carbocycles. The highest BCUT2D eigenvalue weighted by atomic mass is 16.5. The fraction of sp³-hybridized carbons (Fsp3) is 0.778. The van der Waals surface area contributed by atoms with E-state index >= 15 is 0 Å². The van der Waals surface area contributed by atoms with Crippen molar-refractivity contribution in [2.75, 3.05) is 7.11 Å². The molecule has 1 N–H and O–H groups in total. The summed E-state index contributed by atoms with van der Waals surface area (Å²) in [5, 5.41) is 8.87. The summed E-state index contributed by atoms with van der Waals surface area (Å²) in [6.07, 6.45) is 0.998. The van der Waals surface area contributed by atoms with Crippen molar-refractivity contribution < 1.29 is 19.4 Å². The molecule has 0 aliphatic carbocycles. The SMILES string of the molecule is CC[C@@](C)(CCC(=O)OC)C(=O)O. The van der Waals surface area contributed by atoms with Crippen LogP contribution in [-0.2, 0) is 14.3 Å². The molecular weight excluding hydrogens is 172 g/mol. The first-order chi connectivity index (χ1) is 5.96. The molecule has 4 heteroatoms. The molecule has 0 heterocycles. The van der Waals surface area contributed by atoms with Crippen LogP contribution in [0.15, 0.2) is 0 Å². The highest BCUT2D eigenvalue weighted by molar-refractivity contribution is 5.75. The number of esters is 1. The van der Waals surface area contributed by atoms with E-state index in [-0.39, 0.29) is 12.4 Å². The van der Waals surface area contributed by atoms with Crippen LogP contribution < -0.4 is 0 Å². The average molecular weight is 188 g/mol. The Morgan fingerprint density at radius 3 is 2.31 bits per heavy atom. The third kappa shape index (κ3) is 3.44. The lowest BCUT2D eigenvalue weighted by atomic mass is 9.83. The van der Waals surface area contributed by atoms with Crippen LogP contribution >= 0.6 is 0 Å². The molecule has 1 atom stereocenters. The molecule has 0 amide bonds. The Morgan fingerprint density at radius 2 is 2.00 bits per heavy atom. The Bertz CT molecular complexity index is 200. The van der Waals surface area contributed by atoms with Gasteiger partial charge in [-0.15, -0.1) is 0 Å². The highest BCUT2D eigenvalue weighted by Crippen LogP contribution is 2.27. The maximum Gasteiger partial charge on any atom is 0.309 e. The molecule has 0 unspecified atom stereocenters. The first-order valence-corrected chi connectivity index (χ1v) is 4.26. The monoisotopic (exact) mass is 188 g/mol. The van der Waals surface area contributed by atoms with Gasteiger partial charge in [0.1, 0.15) is 0 Å². The van der Waals surface area contributed by atoms with Crippen molar-refractivity contribution in [3.05, 3.63) is 0 Å². The van der Waals surface area contributed by atoms with E-state index < -0.39 is 11.4 Å². The number of carbonyl (C=O) groups excluding carboxylic acids is 1. The molecule has 0 aliphatic heterocycles. The molecule has 0 rings (SSSR count). The van der Waals surface area contributed by atoms with Crippen LogP contribution in [-0.4, -0.2) is 24.2 Å². The van der Waals surface area contributed by atoms with Gasteiger partial charge in [0.15, 0.2) is 0 Å². The lowest BCUT2D eigenvalue weighted by Crippen LogP contribution is -2.27. The molecule has 13 heavy (non-hydrogen) atoms. The number of rotatable bonds is 5. The van der Waals surface area contributed by atoms with Gasteiger partial charge in [0.2, 0.25) is 0 Å². The first kappa shape index (κ1) is 11.9. The van der Waals surface area contributed by atoms with Crippen molar-refractivity contribution in [2.24, 2.45) is 5.41 Å². The Morgan fingerprint density at radius 1 is 1.46 bits per heavy atom. The predicted octanol–water partition coefficient (Wildman–Crippen LogP) is 1.44. The van der Waals surface area contributed by atoms with Crippen LogP contribution in [0.1, 0.15) is 33.1 Å². The molecule has 0 bridgehead atoms. The van der Waals surface area contributed by atoms with Crippen molar-refractivity contribution in [1.29, 1.82) is 0 Å². The second-order valence-corrected chi connectivity index (χ2v) is 3.30. The van der Waals surface area contributed by atoms with E-state index in [1.807, 2.05) is 0 Å². The lowest BCUT2D eigenvalue weighted by molar-refractivity contribution is -0.150. The number of carboxylic acids is 1. The van der Waals surface area contributed by atoms with E-state index in [0.29, 0.717) is 12.8 Å². The number of hydrogen-bond donors (Lipinski definition) is 1. The third-order valence-corrected chi connectivity index (χ3v) is 2.41. The van der Waals surface area contributed by atoms with Gasteiger partial charge >= 0.3 is 11.9 Å². The molecule has 4 nitrogen and oxygen atoms in total. The van der Waals surface area contributed by atoms with Gasteiger partial charge in [-0.05, 0) is 19.8 Å². The van der Waals surface area contributed by atoms with E-state index in [1.165, 1.54) is 7.11 Å². The Hall–Kier alpha value is -1.06. The number of ether oxygens (including phenoxy) is 1. The zero-order valence-electron chi connectivity index (χ0n) is 8.29. The summed E-state index contributed by atoms with van der Waals surface area (Å²) in [6, 6.07) is 0. The number of aliphatic carboxylic acids is 1. The molecule has 0 radical (unpaired) electrons. The summed E-state index contributed by atoms with van der Waals surface area (Å²) in [5.74, 6) is -1.22. The molecule has 0 aromatic rings. The van der Waals surface area contributed by atoms with Gasteiger partial charge in [-0.25, -0.2) is 0 Å². The molecule has 0 aliphatic rings. The summed E-state index contributed by atoms with van der Waals surface area (Å²) in [4.78, 5) is 21.6. The molecule has 0 spiro atoms. The van der Waals surface area contributed by atoms with E-state index in [9.17, 15) is 9.59 Å². The van der Waals surface area contributed by atoms with E-state index in [2.05, 4.69) is 4.74 Å². The summed E-state index contributed by atoms with van der Waals surface area (Å²) in [6.45, 7) is 3.43. The number of hydrogen-bond acceptors (Lipinski definition) is 3. The topological polar surface area (TPSA) is 63.6 Å². The van der Waals surface area contributed by atoms with Crippen molar-refractivity contribution in [3.63, 3.8) is 0 Å². The van der Waals surface area contributed by atoms with Crippen LogP contribution in [0, 0.1) is 5.41 Å². The van der Waals surface area contributed by atoms with E-state index in [4.69, 9.17) is 5.11 Å². The summed E-state index contributed by atoms with van der Waals surface area (Å²) < 4.78 is 4.44. The average Bonchev–Trinajstić information content (AvgIpc) is 2.13. The Balaban J connectivity index is 4.13. The number of carboxylic acid groups (broad SMARTS) is 1. The molecule has 0 saturated heterocycles. The summed E-state index contributed by atoms with van der Waals surface area (Å²) >= 11 is 0. The molecular formula is C9H16O4. The second-order valence-electron chi connectivity index (χ2n) is 3.30. The fourth-order valence-electron chi connectivity index (χ4n) is 0.915. The van der Waals surface area contributed by atoms with Gasteiger partial charge in [-0.3, -0.25) is 9.59 Å². The van der Waals surface area contributed by atoms with Crippen LogP contribution in [0.5, 0.6) is 0 Å². The van der Waals surface area contributed by atoms with Gasteiger partial charge in [0, 0.05) is 6.42 Å². The van der Waals surface area contributed by atoms with Crippen molar-refractivity contribution in [2.45, 2.75) is 33.1 Å². The van der Waals surface area contributed by atoms with Crippen LogP contribution in [0.3, 0.4) is 0 Å². The molecule has 76 valence electrons. The Kier molecular flexibility index (Phi) is 4.45. The molecule has 0 aromatic carbocycles. The molecule has 0 aromatic heterocycles. The third-order valence-electron chi connectivity index (χ3n) is 2.41. The smallest absolute Gasteiger partial charge is 0.309 e. The van der Waals surface area contributed by atoms with Gasteiger partial charge < -0.3 is 9.84 Å². The van der Waals surface area contributed by atoms with Crippen molar-refractivity contribution in [1.82, 2.24) is 0 Å². The standard InChI is InChI=1S/C9H16O4/c1-4-9(2,8(11)12)6-5-7(10)13-3/h4-6H2,1-3H3,(H,11,12)/t9-/m0/s1. The summed E-state index contributed by atoms with van der Waals surface area (Å²) in [7, 11) is 1.30. The maximum absolute atomic E-state index is 10.8. The van der Waals surface area contributed by atoms with Gasteiger partial charge in [-0.1, -0.05) is 6.92 Å². The maximum atomic E-state index is 10.8. The quantitative estimate of drug-likeness (QED) is 0.663. The predicted molar refractivity (Wildman–Crippen MR) is 47.3 cm³/mol. The van der Waals surface area contributed by atoms with Crippen molar-refractivity contribution >= 4 is 11.9 Å². The van der Waals surface area contributed by atoms with E-state index in [0.717, 1.165) is 0 Å². The lowest BCUT2D eigenvalue weighted by Gasteiger charge is -2.21. The Labute approximate surface area is 77.9 Å². The minimum atomic E-state index is -0.862. The zero-order valence-corrected chi connectivity index (χ0v) is 8.29. The van der Waals surface area contributed by atoms with Crippen molar-refractivity contribution in [3.8, 4) is 0 Å². The minimum Gasteiger partial charge on any atom is -0.481 e. The van der Waals surface area contributed by atoms with Gasteiger partial charge in [0.05, 0.1) is 12.5 Å². The number of carbonyl (C=O) groups is 2. The van der Waals surface area contributed by atoms with Crippen LogP contribution in [0.25, 0.3) is 0 Å². The fourth-order valence-corrected chi connectivity index (χ4v) is 0.915. The normalized spacial score (nSPS) is 14.7. The van der Waals surface area contributed by atoms with Crippen LogP contribution in [0.4, 0.5) is 0 Å². The minimum absolute atomic E-state index is 0.160. The number of methoxy groups -OCH3 is 1. The van der Waals surface area contributed by atoms with Crippen LogP contribution in [0.2, 0.25) is 0 Å². The van der Waals surface area contributed by atoms with Gasteiger partial charge in [-0.2, -0.15) is 0 Å². The second kappa shape index (κ2) is 4.84. The zero-order chi connectivity index (χ0) is 10.5. The summed E-state index contributed by atoms with van der Waals surface area (Å²) in [5.41, 5.74) is -0.811. The largest absolute Gasteiger partial charge is 0.481 e. The first-order valence-electron chi connectivity index (χ1n) is 4.26. The van der Waals surface area contributed by atoms with E-state index in [1.54, 1.807) is 13.8 Å². The van der Waals surface area contributed by atoms with Gasteiger partial charge in [0.25, 0.3) is 0 Å². The highest BCUT2D eigenvalue weighted by Gasteiger charge is 2.31.